The second kappa shape index (κ2) is 5.41. The van der Waals surface area contributed by atoms with Crippen molar-refractivity contribution in [3.05, 3.63) is 0 Å². The summed E-state index contributed by atoms with van der Waals surface area (Å²) < 4.78 is 4.58. The van der Waals surface area contributed by atoms with Gasteiger partial charge in [0, 0.05) is 13.1 Å². The van der Waals surface area contributed by atoms with Crippen molar-refractivity contribution in [3.63, 3.8) is 0 Å². The number of hydrogen-bond acceptors (Lipinski definition) is 5. The molecule has 0 spiro atoms. The van der Waals surface area contributed by atoms with Gasteiger partial charge in [-0.3, -0.25) is 14.6 Å². The first kappa shape index (κ1) is 13.1. The molecular formula is C11H20N2O3. The van der Waals surface area contributed by atoms with Crippen LogP contribution < -0.4 is 0 Å². The molecule has 0 aromatic carbocycles. The average Bonchev–Trinajstić information content (AvgIpc) is 3.06. The highest BCUT2D eigenvalue weighted by atomic mass is 16.5. The predicted molar refractivity (Wildman–Crippen MR) is 60.2 cm³/mol. The topological polar surface area (TPSA) is 49.9 Å². The largest absolute Gasteiger partial charge is 0.468 e. The third-order valence-corrected chi connectivity index (χ3v) is 3.19. The standard InChI is InChI=1S/C11H20N2O3/c1-12(8-10(15)16-3)6-7-13(2)11(9-14)4-5-11/h9H,4-8H2,1-3H3. The van der Waals surface area contributed by atoms with Gasteiger partial charge < -0.3 is 9.53 Å². The lowest BCUT2D eigenvalue weighted by Crippen LogP contribution is -2.41. The number of carbonyl (C=O) groups excluding carboxylic acids is 2. The zero-order chi connectivity index (χ0) is 12.2. The molecule has 0 saturated heterocycles. The summed E-state index contributed by atoms with van der Waals surface area (Å²) in [5, 5.41) is 0. The fourth-order valence-electron chi connectivity index (χ4n) is 1.62. The molecule has 0 radical (unpaired) electrons. The van der Waals surface area contributed by atoms with Crippen LogP contribution in [0.5, 0.6) is 0 Å². The molecule has 0 aliphatic heterocycles. The van der Waals surface area contributed by atoms with Crippen LogP contribution in [0.1, 0.15) is 12.8 Å². The molecule has 0 bridgehead atoms. The van der Waals surface area contributed by atoms with Crippen molar-refractivity contribution in [2.24, 2.45) is 0 Å². The van der Waals surface area contributed by atoms with Crippen molar-refractivity contribution < 1.29 is 14.3 Å². The molecular weight excluding hydrogens is 208 g/mol. The summed E-state index contributed by atoms with van der Waals surface area (Å²) in [6.45, 7) is 1.83. The van der Waals surface area contributed by atoms with E-state index in [2.05, 4.69) is 9.64 Å². The highest BCUT2D eigenvalue weighted by Crippen LogP contribution is 2.38. The molecule has 0 heterocycles. The molecule has 1 rings (SSSR count). The molecule has 1 aliphatic carbocycles. The van der Waals surface area contributed by atoms with Crippen LogP contribution in [0.3, 0.4) is 0 Å². The van der Waals surface area contributed by atoms with Crippen LogP contribution in [0.4, 0.5) is 0 Å². The Morgan fingerprint density at radius 1 is 1.38 bits per heavy atom. The average molecular weight is 228 g/mol. The number of likely N-dealkylation sites (N-methyl/N-ethyl adjacent to an activating group) is 2. The Morgan fingerprint density at radius 3 is 2.44 bits per heavy atom. The molecule has 0 unspecified atom stereocenters. The van der Waals surface area contributed by atoms with E-state index in [4.69, 9.17) is 0 Å². The third kappa shape index (κ3) is 3.28. The lowest BCUT2D eigenvalue weighted by molar-refractivity contribution is -0.141. The van der Waals surface area contributed by atoms with Gasteiger partial charge in [0.1, 0.15) is 6.29 Å². The van der Waals surface area contributed by atoms with Crippen LogP contribution in [-0.2, 0) is 14.3 Å². The normalized spacial score (nSPS) is 17.6. The Morgan fingerprint density at radius 2 is 2.00 bits per heavy atom. The number of aldehydes is 1. The van der Waals surface area contributed by atoms with Crippen LogP contribution >= 0.6 is 0 Å². The Balaban J connectivity index is 2.23. The second-order valence-electron chi connectivity index (χ2n) is 4.46. The van der Waals surface area contributed by atoms with E-state index < -0.39 is 0 Å². The second-order valence-corrected chi connectivity index (χ2v) is 4.46. The molecule has 1 saturated carbocycles. The smallest absolute Gasteiger partial charge is 0.319 e. The Bertz CT molecular complexity index is 264. The maximum absolute atomic E-state index is 11.0. The number of carbonyl (C=O) groups is 2. The summed E-state index contributed by atoms with van der Waals surface area (Å²) in [6.07, 6.45) is 2.94. The molecule has 16 heavy (non-hydrogen) atoms. The zero-order valence-electron chi connectivity index (χ0n) is 10.2. The first-order valence-electron chi connectivity index (χ1n) is 5.47. The van der Waals surface area contributed by atoms with E-state index in [9.17, 15) is 9.59 Å². The van der Waals surface area contributed by atoms with Crippen LogP contribution in [0.15, 0.2) is 0 Å². The summed E-state index contributed by atoms with van der Waals surface area (Å²) in [4.78, 5) is 25.8. The fraction of sp³-hybridized carbons (Fsp3) is 0.818. The first-order chi connectivity index (χ1) is 7.54. The van der Waals surface area contributed by atoms with Gasteiger partial charge in [-0.1, -0.05) is 0 Å². The van der Waals surface area contributed by atoms with Crippen molar-refractivity contribution in [2.75, 3.05) is 40.8 Å². The van der Waals surface area contributed by atoms with E-state index in [1.54, 1.807) is 0 Å². The number of nitrogens with zero attached hydrogens (tertiary/aromatic N) is 2. The summed E-state index contributed by atoms with van der Waals surface area (Å²) in [6, 6.07) is 0. The molecule has 0 aromatic rings. The van der Waals surface area contributed by atoms with Crippen LogP contribution in [0.25, 0.3) is 0 Å². The molecule has 0 amide bonds. The minimum Gasteiger partial charge on any atom is -0.468 e. The SMILES string of the molecule is COC(=O)CN(C)CCN(C)C1(C=O)CC1. The maximum Gasteiger partial charge on any atom is 0.319 e. The van der Waals surface area contributed by atoms with Gasteiger partial charge in [-0.25, -0.2) is 0 Å². The maximum atomic E-state index is 11.0. The zero-order valence-corrected chi connectivity index (χ0v) is 10.2. The van der Waals surface area contributed by atoms with Crippen molar-refractivity contribution in [2.45, 2.75) is 18.4 Å². The van der Waals surface area contributed by atoms with Gasteiger partial charge in [0.05, 0.1) is 19.2 Å². The van der Waals surface area contributed by atoms with Crippen molar-refractivity contribution in [1.82, 2.24) is 9.80 Å². The van der Waals surface area contributed by atoms with Gasteiger partial charge >= 0.3 is 5.97 Å². The third-order valence-electron chi connectivity index (χ3n) is 3.19. The molecule has 1 fully saturated rings. The van der Waals surface area contributed by atoms with Crippen molar-refractivity contribution >= 4 is 12.3 Å². The van der Waals surface area contributed by atoms with E-state index >= 15 is 0 Å². The van der Waals surface area contributed by atoms with Gasteiger partial charge in [0.15, 0.2) is 0 Å². The molecule has 5 heteroatoms. The number of hydrogen-bond donors (Lipinski definition) is 0. The van der Waals surface area contributed by atoms with Gasteiger partial charge in [0.2, 0.25) is 0 Å². The number of methoxy groups -OCH3 is 1. The lowest BCUT2D eigenvalue weighted by Gasteiger charge is -2.25. The van der Waals surface area contributed by atoms with E-state index in [1.807, 2.05) is 19.0 Å². The van der Waals surface area contributed by atoms with Crippen LogP contribution in [-0.4, -0.2) is 68.4 Å². The number of rotatable bonds is 7. The molecule has 0 aromatic heterocycles. The van der Waals surface area contributed by atoms with E-state index in [0.29, 0.717) is 6.54 Å². The van der Waals surface area contributed by atoms with Gasteiger partial charge in [0.25, 0.3) is 0 Å². The van der Waals surface area contributed by atoms with Gasteiger partial charge in [-0.15, -0.1) is 0 Å². The number of ether oxygens (including phenoxy) is 1. The predicted octanol–water partition coefficient (Wildman–Crippen LogP) is -0.245. The number of esters is 1. The van der Waals surface area contributed by atoms with E-state index in [-0.39, 0.29) is 11.5 Å². The quantitative estimate of drug-likeness (QED) is 0.444. The Labute approximate surface area is 96.3 Å². The minimum atomic E-state index is -0.235. The van der Waals surface area contributed by atoms with Crippen molar-refractivity contribution in [3.8, 4) is 0 Å². The van der Waals surface area contributed by atoms with Gasteiger partial charge in [-0.05, 0) is 26.9 Å². The lowest BCUT2D eigenvalue weighted by atomic mass is 10.2. The van der Waals surface area contributed by atoms with E-state index in [0.717, 1.165) is 32.2 Å². The van der Waals surface area contributed by atoms with Gasteiger partial charge in [-0.2, -0.15) is 0 Å². The molecule has 0 atom stereocenters. The summed E-state index contributed by atoms with van der Waals surface area (Å²) in [5.41, 5.74) is -0.216. The van der Waals surface area contributed by atoms with E-state index in [1.165, 1.54) is 7.11 Å². The van der Waals surface area contributed by atoms with Crippen LogP contribution in [0, 0.1) is 0 Å². The summed E-state index contributed by atoms with van der Waals surface area (Å²) in [5.74, 6) is -0.235. The molecule has 92 valence electrons. The summed E-state index contributed by atoms with van der Waals surface area (Å²) >= 11 is 0. The molecule has 1 aliphatic rings. The molecule has 5 nitrogen and oxygen atoms in total. The Hall–Kier alpha value is -0.940. The van der Waals surface area contributed by atoms with Crippen LogP contribution in [0.2, 0.25) is 0 Å². The monoisotopic (exact) mass is 228 g/mol. The highest BCUT2D eigenvalue weighted by Gasteiger charge is 2.46. The first-order valence-corrected chi connectivity index (χ1v) is 5.47. The Kier molecular flexibility index (Phi) is 4.44. The van der Waals surface area contributed by atoms with Crippen molar-refractivity contribution in [1.29, 1.82) is 0 Å². The minimum absolute atomic E-state index is 0.216. The summed E-state index contributed by atoms with van der Waals surface area (Å²) in [7, 11) is 5.20. The fourth-order valence-corrected chi connectivity index (χ4v) is 1.62. The highest BCUT2D eigenvalue weighted by molar-refractivity contribution is 5.71. The molecule has 0 N–H and O–H groups in total.